The quantitative estimate of drug-likeness (QED) is 0.658. The predicted molar refractivity (Wildman–Crippen MR) is 89.8 cm³/mol. The van der Waals surface area contributed by atoms with Crippen molar-refractivity contribution in [2.24, 2.45) is 10.7 Å². The van der Waals surface area contributed by atoms with Gasteiger partial charge in [0.1, 0.15) is 0 Å². The van der Waals surface area contributed by atoms with Crippen LogP contribution < -0.4 is 11.5 Å². The van der Waals surface area contributed by atoms with Crippen LogP contribution in [0.1, 0.15) is 21.5 Å². The molecule has 0 aromatic heterocycles. The fourth-order valence-electron chi connectivity index (χ4n) is 2.54. The molecule has 5 heteroatoms. The summed E-state index contributed by atoms with van der Waals surface area (Å²) in [6, 6.07) is 12.4. The Balaban J connectivity index is 2.21. The molecule has 0 saturated heterocycles. The van der Waals surface area contributed by atoms with E-state index in [0.29, 0.717) is 22.5 Å². The van der Waals surface area contributed by atoms with E-state index < -0.39 is 5.91 Å². The van der Waals surface area contributed by atoms with Crippen molar-refractivity contribution < 1.29 is 9.59 Å². The van der Waals surface area contributed by atoms with Crippen LogP contribution in [0.3, 0.4) is 0 Å². The number of Topliss-reactive ketones (excluding diaryl/α,β-unsaturated/α-hetero) is 1. The molecule has 0 aliphatic heterocycles. The Bertz CT molecular complexity index is 895. The number of benzene rings is 2. The van der Waals surface area contributed by atoms with Crippen molar-refractivity contribution in [1.82, 2.24) is 0 Å². The second-order valence-corrected chi connectivity index (χ2v) is 5.34. The van der Waals surface area contributed by atoms with Gasteiger partial charge in [-0.15, -0.1) is 0 Å². The lowest BCUT2D eigenvalue weighted by Gasteiger charge is -2.16. The summed E-state index contributed by atoms with van der Waals surface area (Å²) in [5, 5.41) is 0. The molecule has 1 aliphatic rings. The number of hydrogen-bond acceptors (Lipinski definition) is 4. The van der Waals surface area contributed by atoms with Crippen molar-refractivity contribution in [3.63, 3.8) is 0 Å². The third kappa shape index (κ3) is 2.64. The van der Waals surface area contributed by atoms with Gasteiger partial charge in [-0.25, -0.2) is 4.99 Å². The molecule has 5 nitrogen and oxygen atoms in total. The largest absolute Gasteiger partial charge is 0.399 e. The van der Waals surface area contributed by atoms with Gasteiger partial charge in [0.2, 0.25) is 0 Å². The number of fused-ring (bicyclic) bond motifs is 1. The number of amides is 1. The Kier molecular flexibility index (Phi) is 3.54. The van der Waals surface area contributed by atoms with Crippen molar-refractivity contribution in [2.75, 3.05) is 5.73 Å². The Morgan fingerprint density at radius 2 is 1.78 bits per heavy atom. The van der Waals surface area contributed by atoms with Gasteiger partial charge in [0, 0.05) is 16.8 Å². The molecule has 23 heavy (non-hydrogen) atoms. The number of ketones is 1. The lowest BCUT2D eigenvalue weighted by Crippen LogP contribution is -2.26. The van der Waals surface area contributed by atoms with Gasteiger partial charge in [-0.1, -0.05) is 24.3 Å². The first-order chi connectivity index (χ1) is 11.0. The molecule has 0 spiro atoms. The third-order valence-electron chi connectivity index (χ3n) is 3.70. The molecule has 0 bridgehead atoms. The number of aryl methyl sites for hydroxylation is 1. The van der Waals surface area contributed by atoms with Gasteiger partial charge >= 0.3 is 0 Å². The molecule has 0 unspecified atom stereocenters. The van der Waals surface area contributed by atoms with Gasteiger partial charge in [0.05, 0.1) is 17.0 Å². The summed E-state index contributed by atoms with van der Waals surface area (Å²) in [5.41, 5.74) is 14.9. The first-order valence-electron chi connectivity index (χ1n) is 7.08. The van der Waals surface area contributed by atoms with Crippen LogP contribution in [0.4, 0.5) is 11.4 Å². The van der Waals surface area contributed by atoms with E-state index in [2.05, 4.69) is 4.99 Å². The number of nitrogen functional groups attached to an aromatic ring is 1. The average molecular weight is 305 g/mol. The summed E-state index contributed by atoms with van der Waals surface area (Å²) < 4.78 is 0. The highest BCUT2D eigenvalue weighted by atomic mass is 16.2. The Morgan fingerprint density at radius 3 is 2.43 bits per heavy atom. The molecule has 0 atom stereocenters. The van der Waals surface area contributed by atoms with Crippen molar-refractivity contribution in [1.29, 1.82) is 0 Å². The van der Waals surface area contributed by atoms with Crippen molar-refractivity contribution in [3.8, 4) is 0 Å². The third-order valence-corrected chi connectivity index (χ3v) is 3.70. The number of rotatable bonds is 2. The van der Waals surface area contributed by atoms with Crippen LogP contribution in [-0.4, -0.2) is 17.4 Å². The number of nitrogens with two attached hydrogens (primary N) is 2. The first kappa shape index (κ1) is 14.7. The minimum absolute atomic E-state index is 0.0597. The van der Waals surface area contributed by atoms with Gasteiger partial charge in [-0.2, -0.15) is 0 Å². The van der Waals surface area contributed by atoms with E-state index in [-0.39, 0.29) is 11.4 Å². The lowest BCUT2D eigenvalue weighted by molar-refractivity contribution is -0.114. The van der Waals surface area contributed by atoms with Crippen LogP contribution in [0.5, 0.6) is 0 Å². The van der Waals surface area contributed by atoms with Gasteiger partial charge < -0.3 is 11.5 Å². The number of primary amides is 1. The molecular weight excluding hydrogens is 290 g/mol. The number of allylic oxidation sites excluding steroid dienone is 1. The highest BCUT2D eigenvalue weighted by Crippen LogP contribution is 2.26. The second-order valence-electron chi connectivity index (χ2n) is 5.34. The zero-order valence-corrected chi connectivity index (χ0v) is 12.5. The Morgan fingerprint density at radius 1 is 1.09 bits per heavy atom. The first-order valence-corrected chi connectivity index (χ1v) is 7.08. The summed E-state index contributed by atoms with van der Waals surface area (Å²) in [7, 11) is 0. The van der Waals surface area contributed by atoms with Crippen LogP contribution in [0.25, 0.3) is 0 Å². The van der Waals surface area contributed by atoms with Crippen molar-refractivity contribution >= 4 is 28.8 Å². The summed E-state index contributed by atoms with van der Waals surface area (Å²) in [5.74, 6) is -1.13. The SMILES string of the molecule is Cc1cc(N)ccc1N=C1C=C(C(N)=O)C(=O)c2ccccc21. The van der Waals surface area contributed by atoms with Crippen LogP contribution in [-0.2, 0) is 4.79 Å². The lowest BCUT2D eigenvalue weighted by atomic mass is 9.88. The molecule has 1 aliphatic carbocycles. The van der Waals surface area contributed by atoms with Gasteiger partial charge in [-0.05, 0) is 36.8 Å². The minimum Gasteiger partial charge on any atom is -0.399 e. The van der Waals surface area contributed by atoms with Crippen LogP contribution in [0, 0.1) is 6.92 Å². The molecule has 4 N–H and O–H groups in total. The highest BCUT2D eigenvalue weighted by Gasteiger charge is 2.27. The van der Waals surface area contributed by atoms with Crippen LogP contribution in [0.15, 0.2) is 59.1 Å². The summed E-state index contributed by atoms with van der Waals surface area (Å²) in [6.07, 6.45) is 1.45. The Hall–Kier alpha value is -3.21. The summed E-state index contributed by atoms with van der Waals surface area (Å²) in [6.45, 7) is 1.90. The molecule has 114 valence electrons. The van der Waals surface area contributed by atoms with E-state index in [9.17, 15) is 9.59 Å². The number of nitrogens with zero attached hydrogens (tertiary/aromatic N) is 1. The maximum Gasteiger partial charge on any atom is 0.252 e. The van der Waals surface area contributed by atoms with E-state index in [1.54, 1.807) is 30.3 Å². The van der Waals surface area contributed by atoms with Crippen LogP contribution in [0.2, 0.25) is 0 Å². The number of aliphatic imine (C=N–C) groups is 1. The smallest absolute Gasteiger partial charge is 0.252 e. The molecular formula is C18H15N3O2. The van der Waals surface area contributed by atoms with Crippen LogP contribution >= 0.6 is 0 Å². The molecule has 0 fully saturated rings. The molecule has 0 heterocycles. The zero-order valence-electron chi connectivity index (χ0n) is 12.5. The van der Waals surface area contributed by atoms with E-state index in [0.717, 1.165) is 11.3 Å². The van der Waals surface area contributed by atoms with E-state index in [1.807, 2.05) is 19.1 Å². The fraction of sp³-hybridized carbons (Fsp3) is 0.0556. The fourth-order valence-corrected chi connectivity index (χ4v) is 2.54. The molecule has 0 saturated carbocycles. The monoisotopic (exact) mass is 305 g/mol. The molecule has 1 amide bonds. The minimum atomic E-state index is -0.758. The zero-order chi connectivity index (χ0) is 16.6. The van der Waals surface area contributed by atoms with Gasteiger partial charge in [0.15, 0.2) is 5.78 Å². The van der Waals surface area contributed by atoms with Crippen molar-refractivity contribution in [3.05, 3.63) is 70.8 Å². The maximum absolute atomic E-state index is 12.3. The average Bonchev–Trinajstić information content (AvgIpc) is 2.52. The predicted octanol–water partition coefficient (Wildman–Crippen LogP) is 2.31. The van der Waals surface area contributed by atoms with Crippen molar-refractivity contribution in [2.45, 2.75) is 6.92 Å². The van der Waals surface area contributed by atoms with E-state index in [4.69, 9.17) is 11.5 Å². The number of carbonyl (C=O) groups excluding carboxylic acids is 2. The Labute approximate surface area is 133 Å². The standard InChI is InChI=1S/C18H15N3O2/c1-10-8-11(19)6-7-15(10)21-16-9-14(18(20)23)17(22)13-5-3-2-4-12(13)16/h2-9H,19H2,1H3,(H2,20,23). The second kappa shape index (κ2) is 5.53. The van der Waals surface area contributed by atoms with Gasteiger partial charge in [-0.3, -0.25) is 9.59 Å². The normalized spacial score (nSPS) is 15.3. The summed E-state index contributed by atoms with van der Waals surface area (Å²) in [4.78, 5) is 28.5. The van der Waals surface area contributed by atoms with E-state index in [1.165, 1.54) is 6.08 Å². The number of anilines is 1. The van der Waals surface area contributed by atoms with E-state index >= 15 is 0 Å². The van der Waals surface area contributed by atoms with Gasteiger partial charge in [0.25, 0.3) is 5.91 Å². The molecule has 0 radical (unpaired) electrons. The molecule has 2 aromatic carbocycles. The number of hydrogen-bond donors (Lipinski definition) is 2. The highest BCUT2D eigenvalue weighted by molar-refractivity contribution is 6.35. The number of carbonyl (C=O) groups is 2. The maximum atomic E-state index is 12.3. The molecule has 2 aromatic rings. The topological polar surface area (TPSA) is 98.5 Å². The molecule has 3 rings (SSSR count). The summed E-state index contributed by atoms with van der Waals surface area (Å²) >= 11 is 0.